The second kappa shape index (κ2) is 5.52. The van der Waals surface area contributed by atoms with Crippen molar-refractivity contribution in [2.24, 2.45) is 18.9 Å². The molecule has 5 heteroatoms. The van der Waals surface area contributed by atoms with Crippen LogP contribution in [0.1, 0.15) is 29.4 Å². The van der Waals surface area contributed by atoms with E-state index in [-0.39, 0.29) is 5.91 Å². The van der Waals surface area contributed by atoms with Gasteiger partial charge in [-0.2, -0.15) is 5.10 Å². The molecule has 100 valence electrons. The Morgan fingerprint density at radius 3 is 3.06 bits per heavy atom. The van der Waals surface area contributed by atoms with Gasteiger partial charge in [0.2, 0.25) is 0 Å². The highest BCUT2D eigenvalue weighted by molar-refractivity contribution is 5.94. The van der Waals surface area contributed by atoms with Crippen LogP contribution in [-0.4, -0.2) is 35.3 Å². The largest absolute Gasteiger partial charge is 0.352 e. The van der Waals surface area contributed by atoms with Crippen molar-refractivity contribution in [2.75, 3.05) is 19.6 Å². The van der Waals surface area contributed by atoms with E-state index in [2.05, 4.69) is 22.7 Å². The molecule has 0 aliphatic carbocycles. The van der Waals surface area contributed by atoms with E-state index in [0.29, 0.717) is 17.4 Å². The van der Waals surface area contributed by atoms with Crippen LogP contribution in [0, 0.1) is 18.8 Å². The van der Waals surface area contributed by atoms with Gasteiger partial charge >= 0.3 is 0 Å². The zero-order chi connectivity index (χ0) is 13.1. The fourth-order valence-corrected chi connectivity index (χ4v) is 2.51. The van der Waals surface area contributed by atoms with Crippen molar-refractivity contribution in [3.8, 4) is 0 Å². The maximum atomic E-state index is 12.0. The van der Waals surface area contributed by atoms with Gasteiger partial charge in [-0.3, -0.25) is 9.48 Å². The van der Waals surface area contributed by atoms with Crippen LogP contribution in [0.15, 0.2) is 6.20 Å². The van der Waals surface area contributed by atoms with Crippen molar-refractivity contribution >= 4 is 5.91 Å². The smallest absolute Gasteiger partial charge is 0.254 e. The number of rotatable bonds is 3. The van der Waals surface area contributed by atoms with Gasteiger partial charge in [0.1, 0.15) is 0 Å². The van der Waals surface area contributed by atoms with Crippen LogP contribution >= 0.6 is 0 Å². The van der Waals surface area contributed by atoms with E-state index < -0.39 is 0 Å². The molecular formula is C13H22N4O. The summed E-state index contributed by atoms with van der Waals surface area (Å²) in [5, 5.41) is 10.6. The summed E-state index contributed by atoms with van der Waals surface area (Å²) in [5.41, 5.74) is 1.47. The van der Waals surface area contributed by atoms with E-state index in [9.17, 15) is 4.79 Å². The number of carbonyl (C=O) groups excluding carboxylic acids is 1. The van der Waals surface area contributed by atoms with Gasteiger partial charge in [-0.1, -0.05) is 6.92 Å². The minimum Gasteiger partial charge on any atom is -0.352 e. The summed E-state index contributed by atoms with van der Waals surface area (Å²) < 4.78 is 1.68. The lowest BCUT2D eigenvalue weighted by Gasteiger charge is -2.29. The van der Waals surface area contributed by atoms with Gasteiger partial charge in [-0.05, 0) is 38.3 Å². The molecule has 1 aromatic rings. The average Bonchev–Trinajstić information content (AvgIpc) is 2.67. The molecule has 2 atom stereocenters. The molecule has 1 aliphatic heterocycles. The Kier molecular flexibility index (Phi) is 4.01. The number of carbonyl (C=O) groups is 1. The summed E-state index contributed by atoms with van der Waals surface area (Å²) in [5.74, 6) is 1.19. The second-order valence-corrected chi connectivity index (χ2v) is 5.24. The van der Waals surface area contributed by atoms with E-state index in [4.69, 9.17) is 0 Å². The van der Waals surface area contributed by atoms with E-state index in [1.54, 1.807) is 10.9 Å². The predicted octanol–water partition coefficient (Wildman–Crippen LogP) is 0.704. The molecule has 2 unspecified atom stereocenters. The molecule has 0 aromatic carbocycles. The van der Waals surface area contributed by atoms with E-state index in [1.807, 2.05) is 14.0 Å². The molecular weight excluding hydrogens is 228 g/mol. The first-order valence-corrected chi connectivity index (χ1v) is 6.57. The quantitative estimate of drug-likeness (QED) is 0.830. The fourth-order valence-electron chi connectivity index (χ4n) is 2.51. The maximum absolute atomic E-state index is 12.0. The summed E-state index contributed by atoms with van der Waals surface area (Å²) >= 11 is 0. The third-order valence-corrected chi connectivity index (χ3v) is 3.75. The van der Waals surface area contributed by atoms with Gasteiger partial charge < -0.3 is 10.6 Å². The minimum atomic E-state index is -0.00803. The van der Waals surface area contributed by atoms with Gasteiger partial charge in [0.25, 0.3) is 5.91 Å². The van der Waals surface area contributed by atoms with Gasteiger partial charge in [-0.15, -0.1) is 0 Å². The van der Waals surface area contributed by atoms with Crippen LogP contribution in [0.5, 0.6) is 0 Å². The summed E-state index contributed by atoms with van der Waals surface area (Å²) in [6, 6.07) is 0. The predicted molar refractivity (Wildman–Crippen MR) is 70.4 cm³/mol. The molecule has 1 amide bonds. The summed E-state index contributed by atoms with van der Waals surface area (Å²) in [7, 11) is 1.83. The Labute approximate surface area is 108 Å². The van der Waals surface area contributed by atoms with Crippen LogP contribution < -0.4 is 10.6 Å². The summed E-state index contributed by atoms with van der Waals surface area (Å²) in [6.07, 6.45) is 2.91. The van der Waals surface area contributed by atoms with Crippen LogP contribution in [0.25, 0.3) is 0 Å². The first kappa shape index (κ1) is 13.1. The number of amides is 1. The third kappa shape index (κ3) is 2.90. The average molecular weight is 250 g/mol. The molecule has 0 spiro atoms. The molecule has 1 aromatic heterocycles. The Morgan fingerprint density at radius 2 is 2.44 bits per heavy atom. The topological polar surface area (TPSA) is 59.0 Å². The molecule has 2 N–H and O–H groups in total. The Balaban J connectivity index is 1.90. The number of aryl methyl sites for hydroxylation is 2. The number of hydrogen-bond donors (Lipinski definition) is 2. The second-order valence-electron chi connectivity index (χ2n) is 5.24. The molecule has 2 heterocycles. The molecule has 1 saturated heterocycles. The van der Waals surface area contributed by atoms with E-state index in [1.165, 1.54) is 0 Å². The molecule has 0 bridgehead atoms. The highest BCUT2D eigenvalue weighted by Gasteiger charge is 2.22. The molecule has 0 saturated carbocycles. The number of aromatic nitrogens is 2. The molecule has 2 rings (SSSR count). The van der Waals surface area contributed by atoms with Gasteiger partial charge in [0.05, 0.1) is 11.3 Å². The SMILES string of the molecule is Cc1nn(C)cc1C(=O)NCC1CCNCC1C. The minimum absolute atomic E-state index is 0.00803. The van der Waals surface area contributed by atoms with Gasteiger partial charge in [-0.25, -0.2) is 0 Å². The molecule has 18 heavy (non-hydrogen) atoms. The summed E-state index contributed by atoms with van der Waals surface area (Å²) in [6.45, 7) is 6.96. The zero-order valence-corrected chi connectivity index (χ0v) is 11.4. The first-order chi connectivity index (χ1) is 8.58. The maximum Gasteiger partial charge on any atom is 0.254 e. The molecule has 0 radical (unpaired) electrons. The van der Waals surface area contributed by atoms with Crippen LogP contribution in [0.4, 0.5) is 0 Å². The number of piperidine rings is 1. The number of hydrogen-bond acceptors (Lipinski definition) is 3. The van der Waals surface area contributed by atoms with Crippen molar-refractivity contribution < 1.29 is 4.79 Å². The lowest BCUT2D eigenvalue weighted by molar-refractivity contribution is 0.0937. The van der Waals surface area contributed by atoms with Gasteiger partial charge in [0, 0.05) is 19.8 Å². The number of nitrogens with one attached hydrogen (secondary N) is 2. The highest BCUT2D eigenvalue weighted by atomic mass is 16.1. The van der Waals surface area contributed by atoms with Crippen molar-refractivity contribution in [1.29, 1.82) is 0 Å². The molecule has 1 aliphatic rings. The third-order valence-electron chi connectivity index (χ3n) is 3.75. The number of nitrogens with zero attached hydrogens (tertiary/aromatic N) is 2. The van der Waals surface area contributed by atoms with Crippen molar-refractivity contribution in [3.63, 3.8) is 0 Å². The van der Waals surface area contributed by atoms with Crippen LogP contribution in [0.3, 0.4) is 0 Å². The van der Waals surface area contributed by atoms with E-state index >= 15 is 0 Å². The standard InChI is InChI=1S/C13H22N4O/c1-9-6-14-5-4-11(9)7-15-13(18)12-8-17(3)16-10(12)2/h8-9,11,14H,4-7H2,1-3H3,(H,15,18). The fraction of sp³-hybridized carbons (Fsp3) is 0.692. The molecule has 5 nitrogen and oxygen atoms in total. The highest BCUT2D eigenvalue weighted by Crippen LogP contribution is 2.17. The lowest BCUT2D eigenvalue weighted by atomic mass is 9.88. The van der Waals surface area contributed by atoms with Crippen LogP contribution in [-0.2, 0) is 7.05 Å². The van der Waals surface area contributed by atoms with Crippen LogP contribution in [0.2, 0.25) is 0 Å². The van der Waals surface area contributed by atoms with Gasteiger partial charge in [0.15, 0.2) is 0 Å². The van der Waals surface area contributed by atoms with Crippen molar-refractivity contribution in [2.45, 2.75) is 20.3 Å². The lowest BCUT2D eigenvalue weighted by Crippen LogP contribution is -2.41. The van der Waals surface area contributed by atoms with Crippen molar-refractivity contribution in [1.82, 2.24) is 20.4 Å². The first-order valence-electron chi connectivity index (χ1n) is 6.57. The monoisotopic (exact) mass is 250 g/mol. The summed E-state index contributed by atoms with van der Waals surface area (Å²) in [4.78, 5) is 12.0. The Morgan fingerprint density at radius 1 is 1.67 bits per heavy atom. The molecule has 1 fully saturated rings. The Bertz CT molecular complexity index is 427. The Hall–Kier alpha value is -1.36. The zero-order valence-electron chi connectivity index (χ0n) is 11.4. The van der Waals surface area contributed by atoms with E-state index in [0.717, 1.165) is 31.7 Å². The van der Waals surface area contributed by atoms with Crippen molar-refractivity contribution in [3.05, 3.63) is 17.5 Å². The normalized spacial score (nSPS) is 23.9.